The number of anilines is 1. The van der Waals surface area contributed by atoms with Crippen molar-refractivity contribution < 1.29 is 13.5 Å². The number of halogens is 3. The number of rotatable bonds is 7. The van der Waals surface area contributed by atoms with Gasteiger partial charge in [0.05, 0.1) is 13.7 Å². The highest BCUT2D eigenvalue weighted by Crippen LogP contribution is 2.26. The molecule has 3 rings (SSSR count). The fourth-order valence-corrected chi connectivity index (χ4v) is 3.45. The van der Waals surface area contributed by atoms with E-state index in [-0.39, 0.29) is 36.1 Å². The van der Waals surface area contributed by atoms with Crippen LogP contribution in [0.3, 0.4) is 0 Å². The van der Waals surface area contributed by atoms with Crippen molar-refractivity contribution in [1.82, 2.24) is 10.6 Å². The fraction of sp³-hybridized carbons (Fsp3) is 0.409. The highest BCUT2D eigenvalue weighted by atomic mass is 127. The number of hydrogen-bond donors (Lipinski definition) is 2. The van der Waals surface area contributed by atoms with Crippen molar-refractivity contribution in [2.75, 3.05) is 38.2 Å². The van der Waals surface area contributed by atoms with Crippen molar-refractivity contribution in [2.24, 2.45) is 10.9 Å². The number of ether oxygens (including phenoxy) is 1. The molecule has 1 aliphatic heterocycles. The highest BCUT2D eigenvalue weighted by Gasteiger charge is 2.23. The third kappa shape index (κ3) is 6.72. The Bertz CT molecular complexity index is 850. The van der Waals surface area contributed by atoms with E-state index in [9.17, 15) is 8.78 Å². The smallest absolute Gasteiger partial charge is 0.191 e. The maximum Gasteiger partial charge on any atom is 0.191 e. The van der Waals surface area contributed by atoms with E-state index in [0.717, 1.165) is 49.6 Å². The van der Waals surface area contributed by atoms with Crippen LogP contribution in [0.4, 0.5) is 14.5 Å². The zero-order valence-corrected chi connectivity index (χ0v) is 19.7. The van der Waals surface area contributed by atoms with Gasteiger partial charge in [0.1, 0.15) is 17.4 Å². The number of nitrogens with zero attached hydrogens (tertiary/aromatic N) is 2. The lowest BCUT2D eigenvalue weighted by Gasteiger charge is -2.20. The lowest BCUT2D eigenvalue weighted by Crippen LogP contribution is -2.40. The number of methoxy groups -OCH3 is 1. The summed E-state index contributed by atoms with van der Waals surface area (Å²) in [6, 6.07) is 11.5. The van der Waals surface area contributed by atoms with Crippen LogP contribution < -0.4 is 20.3 Å². The molecule has 1 aliphatic rings. The van der Waals surface area contributed by atoms with E-state index in [1.807, 2.05) is 19.1 Å². The minimum absolute atomic E-state index is 0. The molecule has 1 unspecified atom stereocenters. The second kappa shape index (κ2) is 11.9. The van der Waals surface area contributed by atoms with Crippen LogP contribution in [0.1, 0.15) is 18.9 Å². The first-order chi connectivity index (χ1) is 14.1. The maximum atomic E-state index is 13.8. The largest absolute Gasteiger partial charge is 0.497 e. The standard InChI is InChI=1S/C22H28F2N4O.HI/c1-3-25-22(27-14-17-11-18(23)7-8-21(17)24)26-13-16-9-10-28(15-16)19-5-4-6-20(12-19)29-2;/h4-8,11-12,16H,3,9-10,13-15H2,1-2H3,(H2,25,26,27);1H. The average molecular weight is 530 g/mol. The van der Waals surface area contributed by atoms with Crippen LogP contribution in [-0.2, 0) is 6.54 Å². The van der Waals surface area contributed by atoms with Gasteiger partial charge in [-0.15, -0.1) is 24.0 Å². The summed E-state index contributed by atoms with van der Waals surface area (Å²) in [5.74, 6) is 1.02. The van der Waals surface area contributed by atoms with E-state index >= 15 is 0 Å². The van der Waals surface area contributed by atoms with Gasteiger partial charge < -0.3 is 20.3 Å². The Morgan fingerprint density at radius 2 is 2.03 bits per heavy atom. The molecule has 5 nitrogen and oxygen atoms in total. The number of guanidine groups is 1. The van der Waals surface area contributed by atoms with Gasteiger partial charge in [-0.05, 0) is 49.6 Å². The summed E-state index contributed by atoms with van der Waals surface area (Å²) in [5.41, 5.74) is 1.40. The topological polar surface area (TPSA) is 48.9 Å². The first-order valence-corrected chi connectivity index (χ1v) is 9.94. The van der Waals surface area contributed by atoms with Gasteiger partial charge in [-0.25, -0.2) is 13.8 Å². The molecule has 0 bridgehead atoms. The lowest BCUT2D eigenvalue weighted by molar-refractivity contribution is 0.415. The second-order valence-electron chi connectivity index (χ2n) is 7.11. The van der Waals surface area contributed by atoms with E-state index in [2.05, 4.69) is 32.7 Å². The molecule has 2 aromatic carbocycles. The average Bonchev–Trinajstić information content (AvgIpc) is 3.21. The number of aliphatic imine (C=N–C) groups is 1. The van der Waals surface area contributed by atoms with Crippen LogP contribution in [-0.4, -0.2) is 39.2 Å². The van der Waals surface area contributed by atoms with Crippen LogP contribution in [0.25, 0.3) is 0 Å². The van der Waals surface area contributed by atoms with Gasteiger partial charge in [0, 0.05) is 43.5 Å². The van der Waals surface area contributed by atoms with Gasteiger partial charge in [0.15, 0.2) is 5.96 Å². The fourth-order valence-electron chi connectivity index (χ4n) is 3.45. The zero-order chi connectivity index (χ0) is 20.6. The van der Waals surface area contributed by atoms with Crippen LogP contribution >= 0.6 is 24.0 Å². The summed E-state index contributed by atoms with van der Waals surface area (Å²) in [6.07, 6.45) is 1.07. The Kier molecular flexibility index (Phi) is 9.61. The second-order valence-corrected chi connectivity index (χ2v) is 7.11. The summed E-state index contributed by atoms with van der Waals surface area (Å²) < 4.78 is 32.5. The highest BCUT2D eigenvalue weighted by molar-refractivity contribution is 14.0. The maximum absolute atomic E-state index is 13.8. The van der Waals surface area contributed by atoms with Crippen molar-refractivity contribution in [3.8, 4) is 5.75 Å². The normalized spacial score (nSPS) is 16.2. The van der Waals surface area contributed by atoms with Crippen molar-refractivity contribution >= 4 is 35.6 Å². The van der Waals surface area contributed by atoms with E-state index in [1.54, 1.807) is 7.11 Å². The van der Waals surface area contributed by atoms with Gasteiger partial charge >= 0.3 is 0 Å². The molecule has 8 heteroatoms. The summed E-state index contributed by atoms with van der Waals surface area (Å²) in [6.45, 7) is 5.44. The first kappa shape index (κ1) is 24.2. The Morgan fingerprint density at radius 3 is 2.80 bits per heavy atom. The number of benzene rings is 2. The number of hydrogen-bond acceptors (Lipinski definition) is 3. The van der Waals surface area contributed by atoms with E-state index in [1.165, 1.54) is 6.07 Å². The molecule has 1 saturated heterocycles. The van der Waals surface area contributed by atoms with Gasteiger partial charge in [-0.2, -0.15) is 0 Å². The van der Waals surface area contributed by atoms with Crippen LogP contribution in [0.15, 0.2) is 47.5 Å². The third-order valence-corrected chi connectivity index (χ3v) is 5.02. The molecule has 0 radical (unpaired) electrons. The summed E-state index contributed by atoms with van der Waals surface area (Å²) >= 11 is 0. The molecule has 1 heterocycles. The van der Waals surface area contributed by atoms with Gasteiger partial charge in [-0.3, -0.25) is 0 Å². The van der Waals surface area contributed by atoms with Gasteiger partial charge in [0.25, 0.3) is 0 Å². The quantitative estimate of drug-likeness (QED) is 0.321. The molecular formula is C22H29F2IN4O. The molecule has 0 saturated carbocycles. The van der Waals surface area contributed by atoms with Gasteiger partial charge in [-0.1, -0.05) is 6.07 Å². The summed E-state index contributed by atoms with van der Waals surface area (Å²) in [4.78, 5) is 6.75. The molecule has 0 aliphatic carbocycles. The van der Waals surface area contributed by atoms with E-state index in [0.29, 0.717) is 18.4 Å². The third-order valence-electron chi connectivity index (χ3n) is 5.02. The molecule has 30 heavy (non-hydrogen) atoms. The molecule has 1 atom stereocenters. The molecule has 164 valence electrons. The first-order valence-electron chi connectivity index (χ1n) is 9.94. The molecule has 0 aromatic heterocycles. The Balaban J connectivity index is 0.00000320. The van der Waals surface area contributed by atoms with Crippen LogP contribution in [0.5, 0.6) is 5.75 Å². The predicted molar refractivity (Wildman–Crippen MR) is 128 cm³/mol. The Labute approximate surface area is 193 Å². The minimum Gasteiger partial charge on any atom is -0.497 e. The zero-order valence-electron chi connectivity index (χ0n) is 17.3. The van der Waals surface area contributed by atoms with Crippen molar-refractivity contribution in [1.29, 1.82) is 0 Å². The minimum atomic E-state index is -0.460. The lowest BCUT2D eigenvalue weighted by atomic mass is 10.1. The molecule has 2 N–H and O–H groups in total. The SMILES string of the molecule is CCNC(=NCc1cc(F)ccc1F)NCC1CCN(c2cccc(OC)c2)C1.I. The Morgan fingerprint density at radius 1 is 1.20 bits per heavy atom. The van der Waals surface area contributed by atoms with Crippen LogP contribution in [0.2, 0.25) is 0 Å². The molecular weight excluding hydrogens is 501 g/mol. The molecule has 2 aromatic rings. The van der Waals surface area contributed by atoms with Crippen molar-refractivity contribution in [2.45, 2.75) is 19.9 Å². The van der Waals surface area contributed by atoms with E-state index in [4.69, 9.17) is 4.74 Å². The molecule has 0 spiro atoms. The van der Waals surface area contributed by atoms with Crippen LogP contribution in [0, 0.1) is 17.6 Å². The summed E-state index contributed by atoms with van der Waals surface area (Å²) in [7, 11) is 1.67. The van der Waals surface area contributed by atoms with Gasteiger partial charge in [0.2, 0.25) is 0 Å². The van der Waals surface area contributed by atoms with Crippen molar-refractivity contribution in [3.05, 3.63) is 59.7 Å². The Hall–Kier alpha value is -2.10. The monoisotopic (exact) mass is 530 g/mol. The molecule has 0 amide bonds. The number of nitrogens with one attached hydrogen (secondary N) is 2. The van der Waals surface area contributed by atoms with Crippen molar-refractivity contribution in [3.63, 3.8) is 0 Å². The van der Waals surface area contributed by atoms with E-state index < -0.39 is 11.6 Å². The summed E-state index contributed by atoms with van der Waals surface area (Å²) in [5, 5.41) is 6.49. The molecule has 1 fully saturated rings. The predicted octanol–water partition coefficient (Wildman–Crippen LogP) is 4.17.